The van der Waals surface area contributed by atoms with E-state index < -0.39 is 10.0 Å². The second-order valence-corrected chi connectivity index (χ2v) is 8.17. The Morgan fingerprint density at radius 1 is 1.41 bits per heavy atom. The average Bonchev–Trinajstić information content (AvgIpc) is 2.49. The summed E-state index contributed by atoms with van der Waals surface area (Å²) in [6, 6.07) is 3.00. The molecule has 1 aromatic rings. The van der Waals surface area contributed by atoms with Gasteiger partial charge < -0.3 is 10.5 Å². The van der Waals surface area contributed by atoms with E-state index in [2.05, 4.69) is 15.9 Å². The largest absolute Gasteiger partial charge is 0.495 e. The van der Waals surface area contributed by atoms with Crippen LogP contribution in [0, 0.1) is 5.92 Å². The molecule has 0 amide bonds. The van der Waals surface area contributed by atoms with Crippen LogP contribution in [0.5, 0.6) is 5.75 Å². The number of hydrogen-bond acceptors (Lipinski definition) is 4. The van der Waals surface area contributed by atoms with E-state index in [1.807, 2.05) is 0 Å². The van der Waals surface area contributed by atoms with Crippen LogP contribution < -0.4 is 10.5 Å². The molecule has 0 aromatic heterocycles. The predicted octanol–water partition coefficient (Wildman–Crippen LogP) is 2.89. The minimum absolute atomic E-state index is 0. The predicted molar refractivity (Wildman–Crippen MR) is 93.5 cm³/mol. The Labute approximate surface area is 150 Å². The molecule has 0 bridgehead atoms. The molecule has 1 aliphatic rings. The van der Waals surface area contributed by atoms with Crippen LogP contribution in [0.25, 0.3) is 0 Å². The zero-order valence-electron chi connectivity index (χ0n) is 12.1. The molecule has 0 aliphatic carbocycles. The van der Waals surface area contributed by atoms with E-state index >= 15 is 0 Å². The second kappa shape index (κ2) is 8.17. The Balaban J connectivity index is 0.00000242. The maximum Gasteiger partial charge on any atom is 0.244 e. The van der Waals surface area contributed by atoms with Crippen molar-refractivity contribution < 1.29 is 13.2 Å². The normalized spacial score (nSPS) is 17.1. The number of hydrogen-bond donors (Lipinski definition) is 1. The molecule has 5 nitrogen and oxygen atoms in total. The Bertz CT molecular complexity index is 620. The van der Waals surface area contributed by atoms with Gasteiger partial charge in [-0.1, -0.05) is 11.6 Å². The Morgan fingerprint density at radius 3 is 2.50 bits per heavy atom. The highest BCUT2D eigenvalue weighted by Crippen LogP contribution is 2.35. The summed E-state index contributed by atoms with van der Waals surface area (Å²) >= 11 is 9.33. The number of piperidine rings is 1. The second-order valence-electron chi connectivity index (χ2n) is 5.00. The third-order valence-corrected chi connectivity index (χ3v) is 6.88. The molecule has 1 heterocycles. The highest BCUT2D eigenvalue weighted by Gasteiger charge is 2.31. The van der Waals surface area contributed by atoms with Crippen molar-refractivity contribution in [2.24, 2.45) is 11.7 Å². The molecule has 0 radical (unpaired) electrons. The van der Waals surface area contributed by atoms with Crippen LogP contribution in [0.15, 0.2) is 21.5 Å². The van der Waals surface area contributed by atoms with E-state index in [-0.39, 0.29) is 22.3 Å². The molecule has 0 saturated carbocycles. The molecule has 1 aromatic carbocycles. The average molecular weight is 434 g/mol. The summed E-state index contributed by atoms with van der Waals surface area (Å²) < 4.78 is 32.5. The van der Waals surface area contributed by atoms with Gasteiger partial charge in [0.15, 0.2) is 0 Å². The van der Waals surface area contributed by atoms with E-state index in [4.69, 9.17) is 22.1 Å². The number of ether oxygens (including phenoxy) is 1. The van der Waals surface area contributed by atoms with E-state index in [0.717, 1.165) is 12.8 Å². The molecule has 22 heavy (non-hydrogen) atoms. The highest BCUT2D eigenvalue weighted by molar-refractivity contribution is 9.10. The molecule has 0 unspecified atom stereocenters. The van der Waals surface area contributed by atoms with Gasteiger partial charge in [0.1, 0.15) is 5.75 Å². The fourth-order valence-corrected chi connectivity index (χ4v) is 5.17. The Morgan fingerprint density at radius 2 is 2.00 bits per heavy atom. The number of rotatable bonds is 4. The number of methoxy groups -OCH3 is 1. The molecule has 0 atom stereocenters. The van der Waals surface area contributed by atoms with Crippen LogP contribution in [0.4, 0.5) is 0 Å². The van der Waals surface area contributed by atoms with E-state index in [0.29, 0.717) is 35.8 Å². The fourth-order valence-electron chi connectivity index (χ4n) is 2.39. The lowest BCUT2D eigenvalue weighted by Gasteiger charge is -2.30. The summed E-state index contributed by atoms with van der Waals surface area (Å²) in [5.74, 6) is 0.837. The molecule has 0 spiro atoms. The molecule has 126 valence electrons. The fraction of sp³-hybridized carbons (Fsp3) is 0.538. The first kappa shape index (κ1) is 20.0. The maximum absolute atomic E-state index is 12.7. The Kier molecular flexibility index (Phi) is 7.42. The van der Waals surface area contributed by atoms with Gasteiger partial charge >= 0.3 is 0 Å². The van der Waals surface area contributed by atoms with Crippen LogP contribution in [-0.4, -0.2) is 39.5 Å². The molecular weight excluding hydrogens is 415 g/mol. The van der Waals surface area contributed by atoms with Crippen molar-refractivity contribution >= 4 is 50.0 Å². The summed E-state index contributed by atoms with van der Waals surface area (Å²) in [6.07, 6.45) is 1.58. The van der Waals surface area contributed by atoms with Crippen molar-refractivity contribution in [2.45, 2.75) is 17.7 Å². The van der Waals surface area contributed by atoms with Crippen LogP contribution in [-0.2, 0) is 10.0 Å². The van der Waals surface area contributed by atoms with E-state index in [1.54, 1.807) is 6.07 Å². The minimum atomic E-state index is -3.57. The van der Waals surface area contributed by atoms with Crippen molar-refractivity contribution in [3.63, 3.8) is 0 Å². The first-order valence-corrected chi connectivity index (χ1v) is 9.24. The summed E-state index contributed by atoms with van der Waals surface area (Å²) in [5, 5.41) is 0.274. The van der Waals surface area contributed by atoms with Gasteiger partial charge in [-0.25, -0.2) is 8.42 Å². The number of nitrogens with two attached hydrogens (primary N) is 1. The van der Waals surface area contributed by atoms with Crippen molar-refractivity contribution in [1.29, 1.82) is 0 Å². The number of halogens is 3. The van der Waals surface area contributed by atoms with Gasteiger partial charge in [-0.3, -0.25) is 0 Å². The molecule has 2 rings (SSSR count). The smallest absolute Gasteiger partial charge is 0.244 e. The first-order valence-electron chi connectivity index (χ1n) is 6.63. The van der Waals surface area contributed by atoms with Crippen LogP contribution in [0.2, 0.25) is 5.02 Å². The SMILES string of the molecule is COc1cc(Br)c(S(=O)(=O)N2CCC(CN)CC2)cc1Cl.Cl. The van der Waals surface area contributed by atoms with E-state index in [9.17, 15) is 8.42 Å². The van der Waals surface area contributed by atoms with Gasteiger partial charge in [-0.2, -0.15) is 4.31 Å². The van der Waals surface area contributed by atoms with Crippen LogP contribution in [0.1, 0.15) is 12.8 Å². The molecule has 1 aliphatic heterocycles. The highest BCUT2D eigenvalue weighted by atomic mass is 79.9. The minimum Gasteiger partial charge on any atom is -0.495 e. The van der Waals surface area contributed by atoms with Crippen molar-refractivity contribution in [1.82, 2.24) is 4.31 Å². The summed E-state index contributed by atoms with van der Waals surface area (Å²) in [4.78, 5) is 0.166. The molecule has 1 saturated heterocycles. The lowest BCUT2D eigenvalue weighted by atomic mass is 9.99. The van der Waals surface area contributed by atoms with Gasteiger partial charge in [0.2, 0.25) is 10.0 Å². The molecule has 2 N–H and O–H groups in total. The van der Waals surface area contributed by atoms with Crippen molar-refractivity contribution in [3.8, 4) is 5.75 Å². The number of sulfonamides is 1. The van der Waals surface area contributed by atoms with Gasteiger partial charge in [0.25, 0.3) is 0 Å². The standard InChI is InChI=1S/C13H18BrClN2O3S.ClH/c1-20-12-6-10(14)13(7-11(12)15)21(18,19)17-4-2-9(8-16)3-5-17;/h6-7,9H,2-5,8,16H2,1H3;1H. The van der Waals surface area contributed by atoms with Crippen molar-refractivity contribution in [2.75, 3.05) is 26.7 Å². The van der Waals surface area contributed by atoms with Crippen molar-refractivity contribution in [3.05, 3.63) is 21.6 Å². The van der Waals surface area contributed by atoms with Crippen LogP contribution >= 0.6 is 39.9 Å². The third kappa shape index (κ3) is 4.07. The lowest BCUT2D eigenvalue weighted by Crippen LogP contribution is -2.40. The third-order valence-electron chi connectivity index (χ3n) is 3.73. The van der Waals surface area contributed by atoms with Gasteiger partial charge in [0, 0.05) is 17.6 Å². The van der Waals surface area contributed by atoms with E-state index in [1.165, 1.54) is 17.5 Å². The monoisotopic (exact) mass is 432 g/mol. The lowest BCUT2D eigenvalue weighted by molar-refractivity contribution is 0.278. The van der Waals surface area contributed by atoms with Gasteiger partial charge in [-0.05, 0) is 53.4 Å². The summed E-state index contributed by atoms with van der Waals surface area (Å²) in [5.41, 5.74) is 5.64. The number of nitrogens with zero attached hydrogens (tertiary/aromatic N) is 1. The van der Waals surface area contributed by atoms with Crippen LogP contribution in [0.3, 0.4) is 0 Å². The summed E-state index contributed by atoms with van der Waals surface area (Å²) in [6.45, 7) is 1.58. The topological polar surface area (TPSA) is 72.6 Å². The molecule has 9 heteroatoms. The molecular formula is C13H19BrCl2N2O3S. The summed E-state index contributed by atoms with van der Waals surface area (Å²) in [7, 11) is -2.08. The number of benzene rings is 1. The zero-order valence-corrected chi connectivity index (χ0v) is 16.1. The maximum atomic E-state index is 12.7. The van der Waals surface area contributed by atoms with Gasteiger partial charge in [0.05, 0.1) is 17.0 Å². The quantitative estimate of drug-likeness (QED) is 0.792. The molecule has 1 fully saturated rings. The van der Waals surface area contributed by atoms with Gasteiger partial charge in [-0.15, -0.1) is 12.4 Å². The zero-order chi connectivity index (χ0) is 15.6. The first-order chi connectivity index (χ1) is 9.90. The Hall–Kier alpha value is -0.0500.